The summed E-state index contributed by atoms with van der Waals surface area (Å²) in [6.07, 6.45) is 1.47. The Morgan fingerprint density at radius 2 is 1.21 bits per heavy atom. The standard InChI is InChI=1S/C25H16N2O6/c28-19(12-13-20(29)30)26-17-10-4-8-15-21(17)23(31)16-9-5-11-18(22(16)24(15)32)27-25(33)14-6-2-1-3-7-14/h1-13H,(H,26,28)(H,27,33)(H,29,30)/b13-12-. The van der Waals surface area contributed by atoms with Crippen molar-refractivity contribution in [2.24, 2.45) is 0 Å². The molecule has 0 aliphatic heterocycles. The zero-order chi connectivity index (χ0) is 23.5. The van der Waals surface area contributed by atoms with Gasteiger partial charge in [0.25, 0.3) is 5.91 Å². The first kappa shape index (κ1) is 21.4. The molecule has 0 unspecified atom stereocenters. The number of rotatable bonds is 5. The third-order valence-corrected chi connectivity index (χ3v) is 4.99. The maximum Gasteiger partial charge on any atom is 0.328 e. The molecule has 8 nitrogen and oxygen atoms in total. The van der Waals surface area contributed by atoms with Gasteiger partial charge in [-0.25, -0.2) is 4.79 Å². The first-order valence-corrected chi connectivity index (χ1v) is 9.80. The molecule has 0 spiro atoms. The molecule has 33 heavy (non-hydrogen) atoms. The Bertz CT molecular complexity index is 1360. The molecule has 0 saturated carbocycles. The van der Waals surface area contributed by atoms with Crippen LogP contribution in [0.5, 0.6) is 0 Å². The zero-order valence-electron chi connectivity index (χ0n) is 17.0. The fraction of sp³-hybridized carbons (Fsp3) is 0. The Morgan fingerprint density at radius 3 is 1.76 bits per heavy atom. The van der Waals surface area contributed by atoms with Gasteiger partial charge in [-0.15, -0.1) is 0 Å². The third-order valence-electron chi connectivity index (χ3n) is 4.99. The molecule has 3 aromatic rings. The molecule has 4 rings (SSSR count). The van der Waals surface area contributed by atoms with Crippen LogP contribution in [0, 0.1) is 0 Å². The first-order chi connectivity index (χ1) is 15.9. The van der Waals surface area contributed by atoms with E-state index in [1.807, 2.05) is 0 Å². The van der Waals surface area contributed by atoms with Gasteiger partial charge in [0.15, 0.2) is 11.6 Å². The maximum absolute atomic E-state index is 13.3. The molecule has 2 amide bonds. The van der Waals surface area contributed by atoms with Gasteiger partial charge in [0.1, 0.15) is 0 Å². The van der Waals surface area contributed by atoms with Crippen LogP contribution in [-0.4, -0.2) is 34.5 Å². The summed E-state index contributed by atoms with van der Waals surface area (Å²) in [6, 6.07) is 17.4. The molecular formula is C25H16N2O6. The van der Waals surface area contributed by atoms with Crippen LogP contribution >= 0.6 is 0 Å². The van der Waals surface area contributed by atoms with Gasteiger partial charge in [-0.1, -0.05) is 42.5 Å². The van der Waals surface area contributed by atoms with Crippen molar-refractivity contribution in [3.05, 3.63) is 107 Å². The predicted octanol–water partition coefficient (Wildman–Crippen LogP) is 3.29. The number of carbonyl (C=O) groups is 5. The van der Waals surface area contributed by atoms with Gasteiger partial charge >= 0.3 is 5.97 Å². The van der Waals surface area contributed by atoms with E-state index in [4.69, 9.17) is 5.11 Å². The Kier molecular flexibility index (Phi) is 5.65. The monoisotopic (exact) mass is 440 g/mol. The smallest absolute Gasteiger partial charge is 0.328 e. The van der Waals surface area contributed by atoms with E-state index in [1.165, 1.54) is 30.3 Å². The van der Waals surface area contributed by atoms with Gasteiger partial charge in [-0.05, 0) is 24.3 Å². The summed E-state index contributed by atoms with van der Waals surface area (Å²) in [5.41, 5.74) is 0.881. The van der Waals surface area contributed by atoms with Crippen molar-refractivity contribution in [1.29, 1.82) is 0 Å². The van der Waals surface area contributed by atoms with Crippen LogP contribution in [0.1, 0.15) is 42.2 Å². The molecule has 0 aromatic heterocycles. The highest BCUT2D eigenvalue weighted by molar-refractivity contribution is 6.32. The average molecular weight is 440 g/mol. The van der Waals surface area contributed by atoms with E-state index in [0.717, 1.165) is 6.08 Å². The lowest BCUT2D eigenvalue weighted by Crippen LogP contribution is -2.25. The first-order valence-electron chi connectivity index (χ1n) is 9.80. The number of benzene rings is 3. The minimum absolute atomic E-state index is 0.00129. The molecule has 0 radical (unpaired) electrons. The van der Waals surface area contributed by atoms with Crippen LogP contribution in [-0.2, 0) is 9.59 Å². The summed E-state index contributed by atoms with van der Waals surface area (Å²) in [7, 11) is 0. The van der Waals surface area contributed by atoms with E-state index in [2.05, 4.69) is 10.6 Å². The summed E-state index contributed by atoms with van der Waals surface area (Å²) in [5.74, 6) is -3.48. The van der Waals surface area contributed by atoms with E-state index < -0.39 is 29.4 Å². The second-order valence-corrected chi connectivity index (χ2v) is 7.10. The summed E-state index contributed by atoms with van der Waals surface area (Å²) in [4.78, 5) is 61.9. The molecule has 3 N–H and O–H groups in total. The van der Waals surface area contributed by atoms with Gasteiger partial charge in [0, 0.05) is 28.8 Å². The number of carboxylic acids is 1. The van der Waals surface area contributed by atoms with Crippen LogP contribution < -0.4 is 10.6 Å². The lowest BCUT2D eigenvalue weighted by molar-refractivity contribution is -0.131. The lowest BCUT2D eigenvalue weighted by atomic mass is 9.82. The Balaban J connectivity index is 1.72. The topological polar surface area (TPSA) is 130 Å². The summed E-state index contributed by atoms with van der Waals surface area (Å²) in [6.45, 7) is 0. The predicted molar refractivity (Wildman–Crippen MR) is 120 cm³/mol. The highest BCUT2D eigenvalue weighted by atomic mass is 16.4. The minimum atomic E-state index is -1.30. The Labute approximate surface area is 187 Å². The molecule has 8 heteroatoms. The van der Waals surface area contributed by atoms with E-state index in [1.54, 1.807) is 36.4 Å². The molecule has 0 saturated heterocycles. The third kappa shape index (κ3) is 4.17. The van der Waals surface area contributed by atoms with Crippen LogP contribution in [0.3, 0.4) is 0 Å². The number of anilines is 2. The van der Waals surface area contributed by atoms with Gasteiger partial charge < -0.3 is 15.7 Å². The SMILES string of the molecule is O=C(O)/C=C\C(=O)Nc1cccc2c1C(=O)c1cccc(NC(=O)c3ccccc3)c1C2=O. The maximum atomic E-state index is 13.3. The number of amides is 2. The highest BCUT2D eigenvalue weighted by Gasteiger charge is 2.34. The second-order valence-electron chi connectivity index (χ2n) is 7.10. The summed E-state index contributed by atoms with van der Waals surface area (Å²) in [5, 5.41) is 13.8. The van der Waals surface area contributed by atoms with E-state index in [-0.39, 0.29) is 33.6 Å². The van der Waals surface area contributed by atoms with E-state index in [0.29, 0.717) is 11.6 Å². The van der Waals surface area contributed by atoms with Crippen molar-refractivity contribution in [2.75, 3.05) is 10.6 Å². The quantitative estimate of drug-likeness (QED) is 0.408. The number of carboxylic acid groups (broad SMARTS) is 1. The van der Waals surface area contributed by atoms with Crippen molar-refractivity contribution in [3.8, 4) is 0 Å². The number of ketones is 2. The van der Waals surface area contributed by atoms with Crippen LogP contribution in [0.25, 0.3) is 0 Å². The molecule has 0 heterocycles. The minimum Gasteiger partial charge on any atom is -0.478 e. The molecule has 1 aliphatic carbocycles. The zero-order valence-corrected chi connectivity index (χ0v) is 17.0. The van der Waals surface area contributed by atoms with Crippen LogP contribution in [0.2, 0.25) is 0 Å². The highest BCUT2D eigenvalue weighted by Crippen LogP contribution is 2.35. The molecule has 0 fully saturated rings. The van der Waals surface area contributed by atoms with Crippen LogP contribution in [0.4, 0.5) is 11.4 Å². The van der Waals surface area contributed by atoms with Crippen molar-refractivity contribution in [3.63, 3.8) is 0 Å². The molecule has 0 bridgehead atoms. The van der Waals surface area contributed by atoms with Gasteiger partial charge in [0.2, 0.25) is 5.91 Å². The molecular weight excluding hydrogens is 424 g/mol. The van der Waals surface area contributed by atoms with Gasteiger partial charge in [0.05, 0.1) is 22.5 Å². The second kappa shape index (κ2) is 8.72. The lowest BCUT2D eigenvalue weighted by Gasteiger charge is -2.22. The fourth-order valence-corrected chi connectivity index (χ4v) is 3.56. The largest absolute Gasteiger partial charge is 0.478 e. The molecule has 162 valence electrons. The normalized spacial score (nSPS) is 12.1. The number of aliphatic carboxylic acids is 1. The summed E-state index contributed by atoms with van der Waals surface area (Å²) < 4.78 is 0. The Hall–Kier alpha value is -4.85. The van der Waals surface area contributed by atoms with Crippen molar-refractivity contribution < 1.29 is 29.1 Å². The van der Waals surface area contributed by atoms with Crippen molar-refractivity contribution in [2.45, 2.75) is 0 Å². The fourth-order valence-electron chi connectivity index (χ4n) is 3.56. The number of fused-ring (bicyclic) bond motifs is 2. The van der Waals surface area contributed by atoms with Crippen molar-refractivity contribution in [1.82, 2.24) is 0 Å². The molecule has 1 aliphatic rings. The molecule has 3 aromatic carbocycles. The van der Waals surface area contributed by atoms with Gasteiger partial charge in [-0.3, -0.25) is 19.2 Å². The van der Waals surface area contributed by atoms with Gasteiger partial charge in [-0.2, -0.15) is 0 Å². The summed E-state index contributed by atoms with van der Waals surface area (Å²) >= 11 is 0. The van der Waals surface area contributed by atoms with E-state index >= 15 is 0 Å². The number of hydrogen-bond acceptors (Lipinski definition) is 5. The van der Waals surface area contributed by atoms with E-state index in [9.17, 15) is 24.0 Å². The van der Waals surface area contributed by atoms with Crippen LogP contribution in [0.15, 0.2) is 78.9 Å². The number of carbonyl (C=O) groups excluding carboxylic acids is 4. The number of hydrogen-bond donors (Lipinski definition) is 3. The van der Waals surface area contributed by atoms with Crippen molar-refractivity contribution >= 4 is 40.7 Å². The number of nitrogens with one attached hydrogen (secondary N) is 2. The average Bonchev–Trinajstić information content (AvgIpc) is 2.81. The molecule has 0 atom stereocenters. The Morgan fingerprint density at radius 1 is 0.667 bits per heavy atom.